The molecule has 0 saturated carbocycles. The van der Waals surface area contributed by atoms with Crippen LogP contribution in [0, 0.1) is 0 Å². The number of anilines is 1. The van der Waals surface area contributed by atoms with Crippen LogP contribution >= 0.6 is 0 Å². The van der Waals surface area contributed by atoms with E-state index >= 15 is 0 Å². The molecule has 0 bridgehead atoms. The number of benzene rings is 1. The van der Waals surface area contributed by atoms with Crippen LogP contribution in [-0.2, 0) is 25.2 Å². The smallest absolute Gasteiger partial charge is 0.356 e. The van der Waals surface area contributed by atoms with Gasteiger partial charge < -0.3 is 10.2 Å². The maximum atomic E-state index is 11.8. The number of carbonyl (C=O) groups excluding carboxylic acids is 2. The Bertz CT molecular complexity index is 646. The molecule has 1 aliphatic heterocycles. The molecule has 2 heterocycles. The van der Waals surface area contributed by atoms with Gasteiger partial charge in [-0.3, -0.25) is 14.9 Å². The standard InChI is InChI=1S/C11H9N4O3.3C2H6.Re/c16-9-5-6-14(11(17)15(9)18)10-7-3-1-2-4-8(7)12-13-10;3*1-2;/h1-4,18H,5-6H2;3*1-2H3;/q-1;;;;. The molecule has 8 heteroatoms. The zero-order chi connectivity index (χ0) is 18.7. The topological polar surface area (TPSA) is 87.8 Å². The molecule has 1 aromatic heterocycles. The van der Waals surface area contributed by atoms with Crippen molar-refractivity contribution in [2.45, 2.75) is 48.0 Å². The molecule has 25 heavy (non-hydrogen) atoms. The van der Waals surface area contributed by atoms with Gasteiger partial charge in [-0.2, -0.15) is 0 Å². The molecule has 0 aliphatic carbocycles. The Kier molecular flexibility index (Phi) is 13.8. The second kappa shape index (κ2) is 13.5. The van der Waals surface area contributed by atoms with E-state index in [9.17, 15) is 14.8 Å². The minimum absolute atomic E-state index is 0. The van der Waals surface area contributed by atoms with Crippen molar-refractivity contribution in [1.29, 1.82) is 0 Å². The second-order valence-electron chi connectivity index (χ2n) is 3.93. The van der Waals surface area contributed by atoms with E-state index in [1.165, 1.54) is 4.90 Å². The zero-order valence-electron chi connectivity index (χ0n) is 15.7. The molecule has 1 fully saturated rings. The van der Waals surface area contributed by atoms with Gasteiger partial charge in [-0.15, -0.1) is 10.6 Å². The maximum Gasteiger partial charge on any atom is 0.356 e. The summed E-state index contributed by atoms with van der Waals surface area (Å²) < 4.78 is 0. The number of imide groups is 1. The Balaban J connectivity index is 0. The van der Waals surface area contributed by atoms with Crippen molar-refractivity contribution in [3.05, 3.63) is 24.3 Å². The molecule has 7 nitrogen and oxygen atoms in total. The van der Waals surface area contributed by atoms with Gasteiger partial charge in [0, 0.05) is 38.8 Å². The Labute approximate surface area is 163 Å². The van der Waals surface area contributed by atoms with Crippen LogP contribution in [0.2, 0.25) is 0 Å². The molecule has 1 aliphatic rings. The summed E-state index contributed by atoms with van der Waals surface area (Å²) in [5.74, 6) is -0.248. The van der Waals surface area contributed by atoms with Gasteiger partial charge in [0.2, 0.25) is 0 Å². The zero-order valence-corrected chi connectivity index (χ0v) is 18.4. The average molecular weight is 522 g/mol. The number of fused-ring (bicyclic) bond motifs is 1. The van der Waals surface area contributed by atoms with Crippen molar-refractivity contribution in [3.8, 4) is 0 Å². The molecule has 0 unspecified atom stereocenters. The minimum atomic E-state index is -0.795. The molecule has 3 amide bonds. The average Bonchev–Trinajstić information content (AvgIpc) is 3.09. The molecular formula is C17H27N4O3Re-. The first kappa shape index (κ1) is 25.5. The maximum absolute atomic E-state index is 11.8. The molecule has 1 N–H and O–H groups in total. The van der Waals surface area contributed by atoms with Gasteiger partial charge in [-0.25, -0.2) is 4.79 Å². The van der Waals surface area contributed by atoms with Crippen LogP contribution < -0.4 is 10.00 Å². The summed E-state index contributed by atoms with van der Waals surface area (Å²) in [6, 6.07) is 6.40. The SMILES string of the molecule is CC.CC.CC.O=C1CCN(c2n[n-]c3ccccc23)C(=O)N1O.[Re]. The molecular weight excluding hydrogens is 494 g/mol. The third-order valence-electron chi connectivity index (χ3n) is 2.85. The normalized spacial score (nSPS) is 12.8. The van der Waals surface area contributed by atoms with E-state index in [0.717, 1.165) is 0 Å². The van der Waals surface area contributed by atoms with Crippen molar-refractivity contribution in [2.24, 2.45) is 0 Å². The minimum Gasteiger partial charge on any atom is -0.573 e. The Morgan fingerprint density at radius 1 is 1.04 bits per heavy atom. The van der Waals surface area contributed by atoms with Crippen molar-refractivity contribution in [1.82, 2.24) is 15.3 Å². The molecule has 1 radical (unpaired) electrons. The number of urea groups is 1. The first-order valence-electron chi connectivity index (χ1n) is 8.40. The van der Waals surface area contributed by atoms with Crippen LogP contribution in [0.1, 0.15) is 48.0 Å². The number of amides is 3. The summed E-state index contributed by atoms with van der Waals surface area (Å²) in [5.41, 5.74) is 0.668. The van der Waals surface area contributed by atoms with E-state index in [-0.39, 0.29) is 38.5 Å². The summed E-state index contributed by atoms with van der Waals surface area (Å²) in [7, 11) is 0. The predicted octanol–water partition coefficient (Wildman–Crippen LogP) is 3.82. The van der Waals surface area contributed by atoms with E-state index in [0.29, 0.717) is 16.7 Å². The molecule has 0 spiro atoms. The molecule has 2 aromatic rings. The first-order valence-corrected chi connectivity index (χ1v) is 8.40. The van der Waals surface area contributed by atoms with Crippen molar-refractivity contribution >= 4 is 28.7 Å². The van der Waals surface area contributed by atoms with E-state index in [1.54, 1.807) is 12.1 Å². The number of hydroxylamine groups is 2. The van der Waals surface area contributed by atoms with Crippen LogP contribution in [0.3, 0.4) is 0 Å². The van der Waals surface area contributed by atoms with Gasteiger partial charge in [-0.1, -0.05) is 65.8 Å². The Morgan fingerprint density at radius 3 is 2.20 bits per heavy atom. The number of aromatic nitrogens is 2. The quantitative estimate of drug-likeness (QED) is 0.577. The Hall–Kier alpha value is -1.75. The summed E-state index contributed by atoms with van der Waals surface area (Å²) >= 11 is 0. The molecule has 1 saturated heterocycles. The summed E-state index contributed by atoms with van der Waals surface area (Å²) in [5, 5.41) is 18.0. The van der Waals surface area contributed by atoms with Crippen LogP contribution in [0.4, 0.5) is 10.6 Å². The largest absolute Gasteiger partial charge is 0.573 e. The van der Waals surface area contributed by atoms with Gasteiger partial charge in [-0.05, 0) is 0 Å². The summed E-state index contributed by atoms with van der Waals surface area (Å²) in [4.78, 5) is 24.2. The number of nitrogens with zero attached hydrogens (tertiary/aromatic N) is 4. The molecule has 1 aromatic carbocycles. The van der Waals surface area contributed by atoms with E-state index in [1.807, 2.05) is 53.7 Å². The third-order valence-corrected chi connectivity index (χ3v) is 2.85. The fourth-order valence-corrected chi connectivity index (χ4v) is 1.93. The molecule has 0 atom stereocenters. The number of carbonyl (C=O) groups is 2. The van der Waals surface area contributed by atoms with Crippen molar-refractivity contribution in [3.63, 3.8) is 0 Å². The van der Waals surface area contributed by atoms with E-state index in [2.05, 4.69) is 10.2 Å². The van der Waals surface area contributed by atoms with Gasteiger partial charge in [0.05, 0.1) is 0 Å². The van der Waals surface area contributed by atoms with Gasteiger partial charge in [0.25, 0.3) is 5.91 Å². The molecule has 3 rings (SSSR count). The van der Waals surface area contributed by atoms with Gasteiger partial charge >= 0.3 is 6.03 Å². The fraction of sp³-hybridized carbons (Fsp3) is 0.471. The van der Waals surface area contributed by atoms with Crippen LogP contribution in [0.5, 0.6) is 0 Å². The van der Waals surface area contributed by atoms with Gasteiger partial charge in [0.15, 0.2) is 0 Å². The van der Waals surface area contributed by atoms with Crippen LogP contribution in [0.25, 0.3) is 10.9 Å². The number of rotatable bonds is 1. The predicted molar refractivity (Wildman–Crippen MR) is 95.1 cm³/mol. The first-order chi connectivity index (χ1) is 11.7. The van der Waals surface area contributed by atoms with Crippen molar-refractivity contribution < 1.29 is 35.2 Å². The summed E-state index contributed by atoms with van der Waals surface area (Å²) in [6.07, 6.45) is 0.0590. The summed E-state index contributed by atoms with van der Waals surface area (Å²) in [6.45, 7) is 12.2. The number of hydrogen-bond donors (Lipinski definition) is 1. The third kappa shape index (κ3) is 5.92. The van der Waals surface area contributed by atoms with Crippen LogP contribution in [0.15, 0.2) is 24.3 Å². The van der Waals surface area contributed by atoms with E-state index in [4.69, 9.17) is 0 Å². The van der Waals surface area contributed by atoms with Gasteiger partial charge in [0.1, 0.15) is 5.82 Å². The van der Waals surface area contributed by atoms with E-state index < -0.39 is 11.9 Å². The molecule has 141 valence electrons. The monoisotopic (exact) mass is 522 g/mol. The second-order valence-corrected chi connectivity index (χ2v) is 3.93. The van der Waals surface area contributed by atoms with Crippen molar-refractivity contribution in [2.75, 3.05) is 11.4 Å². The number of hydrogen-bond acceptors (Lipinski definition) is 4. The Morgan fingerprint density at radius 2 is 1.60 bits per heavy atom. The van der Waals surface area contributed by atoms with Crippen LogP contribution in [-0.4, -0.2) is 33.9 Å². The fourth-order valence-electron chi connectivity index (χ4n) is 1.93.